The Kier molecular flexibility index (Phi) is 5.25. The second-order valence-corrected chi connectivity index (χ2v) is 7.74. The molecule has 4 nitrogen and oxygen atoms in total. The second-order valence-electron chi connectivity index (χ2n) is 7.36. The van der Waals surface area contributed by atoms with Gasteiger partial charge in [0.05, 0.1) is 11.8 Å². The number of hydrogen-bond acceptors (Lipinski definition) is 3. The summed E-state index contributed by atoms with van der Waals surface area (Å²) in [5.41, 5.74) is 1.86. The van der Waals surface area contributed by atoms with E-state index in [-0.39, 0.29) is 10.2 Å². The molecule has 0 amide bonds. The molecule has 0 radical (unpaired) electrons. The molecule has 8 heteroatoms. The van der Waals surface area contributed by atoms with Crippen LogP contribution in [0, 0.1) is 4.77 Å². The fraction of sp³-hybridized carbons (Fsp3) is 0.250. The Hall–Kier alpha value is -2.74. The molecule has 0 fully saturated rings. The van der Waals surface area contributed by atoms with Crippen LogP contribution >= 0.6 is 12.2 Å². The van der Waals surface area contributed by atoms with Crippen molar-refractivity contribution in [3.05, 3.63) is 70.0 Å². The summed E-state index contributed by atoms with van der Waals surface area (Å²) in [6.07, 6.45) is -2.92. The number of aromatic nitrogens is 3. The summed E-state index contributed by atoms with van der Waals surface area (Å²) in [4.78, 5) is 0. The molecular formula is C20H19F3N4S. The van der Waals surface area contributed by atoms with E-state index < -0.39 is 11.7 Å². The lowest BCUT2D eigenvalue weighted by atomic mass is 9.87. The highest BCUT2D eigenvalue weighted by Gasteiger charge is 2.29. The van der Waals surface area contributed by atoms with Crippen molar-refractivity contribution < 1.29 is 13.2 Å². The van der Waals surface area contributed by atoms with Crippen LogP contribution in [0.1, 0.15) is 37.5 Å². The Morgan fingerprint density at radius 3 is 2.07 bits per heavy atom. The zero-order chi connectivity index (χ0) is 20.5. The normalized spacial score (nSPS) is 12.6. The molecule has 146 valence electrons. The number of halogens is 3. The van der Waals surface area contributed by atoms with Crippen molar-refractivity contribution in [1.29, 1.82) is 0 Å². The van der Waals surface area contributed by atoms with Gasteiger partial charge in [-0.2, -0.15) is 28.0 Å². The first-order chi connectivity index (χ1) is 13.1. The molecule has 3 aromatic rings. The van der Waals surface area contributed by atoms with Gasteiger partial charge in [0.15, 0.2) is 5.82 Å². The van der Waals surface area contributed by atoms with Gasteiger partial charge in [0.25, 0.3) is 0 Å². The summed E-state index contributed by atoms with van der Waals surface area (Å²) in [6, 6.07) is 12.7. The average Bonchev–Trinajstić information content (AvgIpc) is 2.99. The molecule has 0 saturated carbocycles. The van der Waals surface area contributed by atoms with E-state index in [1.54, 1.807) is 0 Å². The lowest BCUT2D eigenvalue weighted by molar-refractivity contribution is -0.137. The molecule has 0 aliphatic heterocycles. The van der Waals surface area contributed by atoms with Gasteiger partial charge in [0, 0.05) is 5.56 Å². The highest BCUT2D eigenvalue weighted by molar-refractivity contribution is 7.71. The van der Waals surface area contributed by atoms with Crippen LogP contribution in [0.15, 0.2) is 53.6 Å². The van der Waals surface area contributed by atoms with Crippen molar-refractivity contribution in [2.75, 3.05) is 0 Å². The standard InChI is InChI=1S/C20H19F3N4S/c1-19(2,3)15-10-6-14(7-11-15)17-25-26-18(28)27(17)24-12-13-4-8-16(9-5-13)20(21,22)23/h4-12H,1-3H3,(H,26,28). The van der Waals surface area contributed by atoms with Gasteiger partial charge in [-0.05, 0) is 40.9 Å². The van der Waals surface area contributed by atoms with Crippen LogP contribution < -0.4 is 0 Å². The number of H-pyrrole nitrogens is 1. The van der Waals surface area contributed by atoms with Crippen molar-refractivity contribution in [2.24, 2.45) is 5.10 Å². The number of nitrogens with zero attached hydrogens (tertiary/aromatic N) is 3. The van der Waals surface area contributed by atoms with Crippen molar-refractivity contribution >= 4 is 18.4 Å². The van der Waals surface area contributed by atoms with Crippen LogP contribution in [0.5, 0.6) is 0 Å². The fourth-order valence-corrected chi connectivity index (χ4v) is 2.77. The predicted octanol–water partition coefficient (Wildman–Crippen LogP) is 5.81. The maximum atomic E-state index is 12.7. The smallest absolute Gasteiger partial charge is 0.250 e. The first-order valence-electron chi connectivity index (χ1n) is 8.56. The van der Waals surface area contributed by atoms with Gasteiger partial charge < -0.3 is 0 Å². The lowest BCUT2D eigenvalue weighted by Gasteiger charge is -2.18. The maximum absolute atomic E-state index is 12.7. The zero-order valence-electron chi connectivity index (χ0n) is 15.6. The van der Waals surface area contributed by atoms with Gasteiger partial charge >= 0.3 is 6.18 Å². The molecular weight excluding hydrogens is 385 g/mol. The van der Waals surface area contributed by atoms with E-state index in [1.165, 1.54) is 28.6 Å². The molecule has 1 aromatic heterocycles. The molecule has 0 bridgehead atoms. The molecule has 0 aliphatic rings. The number of hydrogen-bond donors (Lipinski definition) is 1. The molecule has 3 rings (SSSR count). The van der Waals surface area contributed by atoms with E-state index in [1.807, 2.05) is 24.3 Å². The highest BCUT2D eigenvalue weighted by atomic mass is 32.1. The number of rotatable bonds is 3. The third-order valence-electron chi connectivity index (χ3n) is 4.22. The van der Waals surface area contributed by atoms with Crippen LogP contribution in [0.3, 0.4) is 0 Å². The van der Waals surface area contributed by atoms with E-state index in [9.17, 15) is 13.2 Å². The minimum Gasteiger partial charge on any atom is -0.250 e. The molecule has 0 unspecified atom stereocenters. The van der Waals surface area contributed by atoms with Crippen LogP contribution in [0.2, 0.25) is 0 Å². The van der Waals surface area contributed by atoms with Gasteiger partial charge in [-0.25, -0.2) is 5.10 Å². The summed E-state index contributed by atoms with van der Waals surface area (Å²) in [5, 5.41) is 11.2. The largest absolute Gasteiger partial charge is 0.416 e. The van der Waals surface area contributed by atoms with Gasteiger partial charge in [0.2, 0.25) is 4.77 Å². The van der Waals surface area contributed by atoms with Crippen LogP contribution in [0.25, 0.3) is 11.4 Å². The molecule has 28 heavy (non-hydrogen) atoms. The molecule has 0 saturated heterocycles. The van der Waals surface area contributed by atoms with E-state index in [4.69, 9.17) is 12.2 Å². The number of benzene rings is 2. The van der Waals surface area contributed by atoms with Crippen LogP contribution in [-0.4, -0.2) is 21.1 Å². The van der Waals surface area contributed by atoms with Crippen molar-refractivity contribution in [2.45, 2.75) is 32.4 Å². The topological polar surface area (TPSA) is 46.0 Å². The van der Waals surface area contributed by atoms with Crippen molar-refractivity contribution in [1.82, 2.24) is 14.9 Å². The predicted molar refractivity (Wildman–Crippen MR) is 106 cm³/mol. The van der Waals surface area contributed by atoms with Gasteiger partial charge in [-0.1, -0.05) is 57.2 Å². The third-order valence-corrected chi connectivity index (χ3v) is 4.48. The summed E-state index contributed by atoms with van der Waals surface area (Å²) in [6.45, 7) is 6.39. The first-order valence-corrected chi connectivity index (χ1v) is 8.96. The minimum atomic E-state index is -4.37. The van der Waals surface area contributed by atoms with Crippen molar-refractivity contribution in [3.8, 4) is 11.4 Å². The maximum Gasteiger partial charge on any atom is 0.416 e. The van der Waals surface area contributed by atoms with Gasteiger partial charge in [-0.3, -0.25) is 0 Å². The Labute approximate surface area is 165 Å². The number of alkyl halides is 3. The Morgan fingerprint density at radius 2 is 1.54 bits per heavy atom. The van der Waals surface area contributed by atoms with Crippen LogP contribution in [-0.2, 0) is 11.6 Å². The summed E-state index contributed by atoms with van der Waals surface area (Å²) < 4.78 is 39.7. The molecule has 2 aromatic carbocycles. The minimum absolute atomic E-state index is 0.0317. The van der Waals surface area contributed by atoms with Crippen LogP contribution in [0.4, 0.5) is 13.2 Å². The Balaban J connectivity index is 1.89. The SMILES string of the molecule is CC(C)(C)c1ccc(-c2n[nH]c(=S)n2N=Cc2ccc(C(F)(F)F)cc2)cc1. The molecule has 0 spiro atoms. The summed E-state index contributed by atoms with van der Waals surface area (Å²) in [5.74, 6) is 0.522. The van der Waals surface area contributed by atoms with E-state index in [0.717, 1.165) is 17.7 Å². The van der Waals surface area contributed by atoms with Gasteiger partial charge in [-0.15, -0.1) is 0 Å². The van der Waals surface area contributed by atoms with E-state index in [0.29, 0.717) is 11.4 Å². The zero-order valence-corrected chi connectivity index (χ0v) is 16.4. The number of aromatic amines is 1. The van der Waals surface area contributed by atoms with E-state index >= 15 is 0 Å². The highest BCUT2D eigenvalue weighted by Crippen LogP contribution is 2.29. The fourth-order valence-electron chi connectivity index (χ4n) is 2.59. The molecule has 1 N–H and O–H groups in total. The Bertz CT molecular complexity index is 1040. The first kappa shape index (κ1) is 20.0. The summed E-state index contributed by atoms with van der Waals surface area (Å²) >= 11 is 5.23. The second kappa shape index (κ2) is 7.35. The average molecular weight is 404 g/mol. The molecule has 1 heterocycles. The monoisotopic (exact) mass is 404 g/mol. The molecule has 0 atom stereocenters. The lowest BCUT2D eigenvalue weighted by Crippen LogP contribution is -2.10. The quantitative estimate of drug-likeness (QED) is 0.443. The van der Waals surface area contributed by atoms with E-state index in [2.05, 4.69) is 36.1 Å². The third kappa shape index (κ3) is 4.39. The van der Waals surface area contributed by atoms with Crippen molar-refractivity contribution in [3.63, 3.8) is 0 Å². The van der Waals surface area contributed by atoms with Gasteiger partial charge in [0.1, 0.15) is 0 Å². The number of nitrogens with one attached hydrogen (secondary N) is 1. The Morgan fingerprint density at radius 1 is 0.964 bits per heavy atom. The summed E-state index contributed by atoms with van der Waals surface area (Å²) in [7, 11) is 0. The molecule has 0 aliphatic carbocycles.